The third-order valence-corrected chi connectivity index (χ3v) is 11.0. The van der Waals surface area contributed by atoms with Crippen LogP contribution in [0.15, 0.2) is 84.6 Å². The van der Waals surface area contributed by atoms with Crippen LogP contribution in [0.2, 0.25) is 10.0 Å². The van der Waals surface area contributed by atoms with Crippen molar-refractivity contribution in [2.24, 2.45) is 14.1 Å². The summed E-state index contributed by atoms with van der Waals surface area (Å²) >= 11 is 13.9. The Balaban J connectivity index is 0.000000194. The minimum Gasteiger partial charge on any atom is -0.443 e. The van der Waals surface area contributed by atoms with Crippen LogP contribution in [0.1, 0.15) is 31.8 Å². The van der Waals surface area contributed by atoms with Crippen LogP contribution in [0.5, 0.6) is 0 Å². The smallest absolute Gasteiger partial charge is 0.277 e. The van der Waals surface area contributed by atoms with Crippen molar-refractivity contribution in [2.45, 2.75) is 9.79 Å². The lowest BCUT2D eigenvalue weighted by Gasteiger charge is -2.11. The molecule has 6 aromatic rings. The van der Waals surface area contributed by atoms with E-state index in [9.17, 15) is 36.0 Å². The molecular weight excluding hydrogens is 755 g/mol. The van der Waals surface area contributed by atoms with Gasteiger partial charge in [-0.25, -0.2) is 26.8 Å². The van der Waals surface area contributed by atoms with E-state index in [0.717, 1.165) is 28.3 Å². The Kier molecular flexibility index (Phi) is 10.0. The second-order valence-corrected chi connectivity index (χ2v) is 16.2. The number of thiazole rings is 1. The van der Waals surface area contributed by atoms with Gasteiger partial charge in [-0.1, -0.05) is 23.2 Å². The zero-order chi connectivity index (χ0) is 36.7. The third kappa shape index (κ3) is 6.92. The first-order chi connectivity index (χ1) is 23.4. The predicted octanol–water partition coefficient (Wildman–Crippen LogP) is 3.78. The molecule has 0 unspecified atom stereocenters. The second kappa shape index (κ2) is 13.8. The highest BCUT2D eigenvalue weighted by Crippen LogP contribution is 2.39. The number of nitrogens with zero attached hydrogens (tertiary/aromatic N) is 4. The maximum atomic E-state index is 12.7. The van der Waals surface area contributed by atoms with Gasteiger partial charge in [-0.2, -0.15) is 0 Å². The van der Waals surface area contributed by atoms with Gasteiger partial charge in [0.05, 0.1) is 31.6 Å². The number of H-pyrrole nitrogens is 2. The monoisotopic (exact) mass is 778 g/mol. The molecule has 0 aliphatic rings. The molecule has 0 aliphatic heterocycles. The van der Waals surface area contributed by atoms with Gasteiger partial charge in [0.15, 0.2) is 31.8 Å². The van der Waals surface area contributed by atoms with E-state index in [0.29, 0.717) is 5.01 Å². The third-order valence-electron chi connectivity index (χ3n) is 7.18. The molecule has 2 N–H and O–H groups in total. The summed E-state index contributed by atoms with van der Waals surface area (Å²) in [4.78, 5) is 57.1. The van der Waals surface area contributed by atoms with Crippen LogP contribution in [0.3, 0.4) is 0 Å². The summed E-state index contributed by atoms with van der Waals surface area (Å²) in [6, 6.07) is 5.14. The Morgan fingerprint density at radius 3 is 1.64 bits per heavy atom. The summed E-state index contributed by atoms with van der Waals surface area (Å²) in [5.41, 5.74) is -0.995. The van der Waals surface area contributed by atoms with Gasteiger partial charge in [0.25, 0.3) is 11.1 Å². The fraction of sp³-hybridized carbons (Fsp3) is 0.133. The summed E-state index contributed by atoms with van der Waals surface area (Å²) in [5, 5.41) is 7.09. The Bertz CT molecular complexity index is 2440. The number of halogens is 2. The van der Waals surface area contributed by atoms with Crippen LogP contribution in [-0.2, 0) is 33.8 Å². The van der Waals surface area contributed by atoms with E-state index in [1.165, 1.54) is 74.5 Å². The quantitative estimate of drug-likeness (QED) is 0.212. The number of oxazole rings is 1. The van der Waals surface area contributed by atoms with Gasteiger partial charge in [-0.3, -0.25) is 28.5 Å². The number of nitrogens with one attached hydrogen (secondary N) is 2. The predicted molar refractivity (Wildman–Crippen MR) is 185 cm³/mol. The SMILES string of the molecule is Cn1[nH]cc(C(=O)c2ccc(S(C)(=O)=O)c(-c3cnco3)c2Cl)c1=O.Cn1[nH]cc(C(=O)c2ccc(S(C)(=O)=O)c(-c3nccs3)c2Cl)c1=O. The standard InChI is InChI=1S/C15H12ClN3O5S.C15H12ClN3O4S2/c1-19-15(21)9(5-18-19)14(20)8-3-4-11(25(2,22)23)12(13(8)16)10-6-17-7-24-10;1-19-15(21)9(7-18-19)13(20)8-3-4-10(25(2,22)23)11(12(8)16)14-17-5-6-24-14/h2*3-7,18H,1-2H3. The average molecular weight is 780 g/mol. The molecule has 2 aromatic carbocycles. The van der Waals surface area contributed by atoms with E-state index in [1.807, 2.05) is 0 Å². The lowest BCUT2D eigenvalue weighted by molar-refractivity contribution is 0.103. The van der Waals surface area contributed by atoms with Crippen LogP contribution in [0.4, 0.5) is 0 Å². The molecule has 6 rings (SSSR count). The van der Waals surface area contributed by atoms with E-state index < -0.39 is 42.4 Å². The number of sulfone groups is 2. The highest BCUT2D eigenvalue weighted by molar-refractivity contribution is 7.91. The summed E-state index contributed by atoms with van der Waals surface area (Å²) in [6.45, 7) is 0. The Hall–Kier alpha value is -4.88. The molecule has 4 heterocycles. The van der Waals surface area contributed by atoms with Crippen molar-refractivity contribution in [3.63, 3.8) is 0 Å². The Labute approximate surface area is 297 Å². The normalized spacial score (nSPS) is 11.6. The van der Waals surface area contributed by atoms with E-state index in [-0.39, 0.29) is 59.0 Å². The maximum Gasteiger partial charge on any atom is 0.277 e. The van der Waals surface area contributed by atoms with Gasteiger partial charge in [0, 0.05) is 67.3 Å². The van der Waals surface area contributed by atoms with Crippen molar-refractivity contribution in [3.8, 4) is 21.9 Å². The number of benzene rings is 2. The molecular formula is C30H24Cl2N6O9S3. The molecule has 0 saturated heterocycles. The first-order valence-corrected chi connectivity index (χ1v) is 19.3. The van der Waals surface area contributed by atoms with Gasteiger partial charge in [0.1, 0.15) is 16.1 Å². The van der Waals surface area contributed by atoms with Gasteiger partial charge < -0.3 is 14.6 Å². The Morgan fingerprint density at radius 2 is 1.26 bits per heavy atom. The van der Waals surface area contributed by atoms with E-state index >= 15 is 0 Å². The molecule has 0 spiro atoms. The molecule has 0 saturated carbocycles. The minimum absolute atomic E-state index is 0.0165. The number of rotatable bonds is 8. The number of hydrogen-bond acceptors (Lipinski definition) is 12. The van der Waals surface area contributed by atoms with Gasteiger partial charge in [-0.05, 0) is 24.3 Å². The van der Waals surface area contributed by atoms with Crippen LogP contribution in [0.25, 0.3) is 21.9 Å². The summed E-state index contributed by atoms with van der Waals surface area (Å²) in [5.74, 6) is -1.13. The first kappa shape index (κ1) is 36.4. The maximum absolute atomic E-state index is 12.7. The molecule has 4 aromatic heterocycles. The van der Waals surface area contributed by atoms with E-state index in [2.05, 4.69) is 20.2 Å². The van der Waals surface area contributed by atoms with Crippen molar-refractivity contribution in [1.29, 1.82) is 0 Å². The largest absolute Gasteiger partial charge is 0.443 e. The van der Waals surface area contributed by atoms with Gasteiger partial charge in [-0.15, -0.1) is 11.3 Å². The molecule has 50 heavy (non-hydrogen) atoms. The molecule has 0 fully saturated rings. The fourth-order valence-corrected chi connectivity index (χ4v) is 8.13. The molecule has 0 radical (unpaired) electrons. The number of carbonyl (C=O) groups excluding carboxylic acids is 2. The average Bonchev–Trinajstić information content (AvgIpc) is 3.87. The zero-order valence-corrected chi connectivity index (χ0v) is 30.2. The topological polar surface area (TPSA) is 217 Å². The van der Waals surface area contributed by atoms with Crippen LogP contribution in [0, 0.1) is 0 Å². The molecule has 0 aliphatic carbocycles. The summed E-state index contributed by atoms with van der Waals surface area (Å²) in [6.07, 6.45) is 8.54. The highest BCUT2D eigenvalue weighted by atomic mass is 35.5. The number of aromatic nitrogens is 6. The van der Waals surface area contributed by atoms with Crippen molar-refractivity contribution >= 4 is 65.8 Å². The zero-order valence-electron chi connectivity index (χ0n) is 26.2. The summed E-state index contributed by atoms with van der Waals surface area (Å²) in [7, 11) is -4.30. The van der Waals surface area contributed by atoms with Crippen molar-refractivity contribution in [3.05, 3.63) is 114 Å². The highest BCUT2D eigenvalue weighted by Gasteiger charge is 2.28. The number of aryl methyl sites for hydroxylation is 2. The second-order valence-electron chi connectivity index (χ2n) is 10.6. The van der Waals surface area contributed by atoms with Crippen LogP contribution >= 0.6 is 34.5 Å². The summed E-state index contributed by atoms with van der Waals surface area (Å²) < 4.78 is 55.7. The fourth-order valence-electron chi connectivity index (χ4n) is 4.74. The van der Waals surface area contributed by atoms with Gasteiger partial charge >= 0.3 is 0 Å². The van der Waals surface area contributed by atoms with Gasteiger partial charge in [0.2, 0.25) is 11.6 Å². The van der Waals surface area contributed by atoms with Crippen molar-refractivity contribution in [2.75, 3.05) is 12.5 Å². The molecule has 260 valence electrons. The van der Waals surface area contributed by atoms with Crippen LogP contribution in [-0.4, -0.2) is 70.4 Å². The molecule has 15 nitrogen and oxygen atoms in total. The Morgan fingerprint density at radius 1 is 0.780 bits per heavy atom. The molecule has 0 atom stereocenters. The van der Waals surface area contributed by atoms with Crippen molar-refractivity contribution < 1.29 is 30.8 Å². The van der Waals surface area contributed by atoms with Crippen molar-refractivity contribution in [1.82, 2.24) is 29.5 Å². The number of aromatic amines is 2. The number of ketones is 2. The minimum atomic E-state index is -3.65. The number of carbonyl (C=O) groups is 2. The lowest BCUT2D eigenvalue weighted by atomic mass is 10.0. The molecule has 20 heteroatoms. The van der Waals surface area contributed by atoms with Crippen LogP contribution < -0.4 is 11.1 Å². The number of hydrogen-bond donors (Lipinski definition) is 2. The first-order valence-electron chi connectivity index (χ1n) is 13.9. The van der Waals surface area contributed by atoms with E-state index in [1.54, 1.807) is 5.38 Å². The lowest BCUT2D eigenvalue weighted by Crippen LogP contribution is -2.19. The molecule has 0 amide bonds. The molecule has 0 bridgehead atoms. The van der Waals surface area contributed by atoms with E-state index in [4.69, 9.17) is 27.6 Å².